The number of hydrogen-bond donors (Lipinski definition) is 0. The Morgan fingerprint density at radius 2 is 1.86 bits per heavy atom. The van der Waals surface area contributed by atoms with Gasteiger partial charge in [0.25, 0.3) is 0 Å². The van der Waals surface area contributed by atoms with Crippen molar-refractivity contribution in [2.24, 2.45) is 5.92 Å². The first-order valence-corrected chi connectivity index (χ1v) is 9.22. The van der Waals surface area contributed by atoms with E-state index in [0.29, 0.717) is 5.92 Å². The molecule has 0 aromatic heterocycles. The van der Waals surface area contributed by atoms with Gasteiger partial charge in [0.05, 0.1) is 0 Å². The molecule has 0 bridgehead atoms. The van der Waals surface area contributed by atoms with Crippen molar-refractivity contribution in [1.82, 2.24) is 0 Å². The average molecular weight is 251 g/mol. The summed E-state index contributed by atoms with van der Waals surface area (Å²) in [6, 6.07) is 0. The molecule has 0 saturated heterocycles. The second-order valence-corrected chi connectivity index (χ2v) is 10.1. The van der Waals surface area contributed by atoms with Crippen molar-refractivity contribution in [2.75, 3.05) is 0 Å². The number of hydrogen-bond acceptors (Lipinski definition) is 1. The number of rotatable bonds is 2. The van der Waals surface area contributed by atoms with Gasteiger partial charge in [-0.3, -0.25) is 6.08 Å². The Hall–Kier alpha value is 1.35. The van der Waals surface area contributed by atoms with Crippen LogP contribution in [-0.4, -0.2) is 18.6 Å². The topological polar surface area (TPSA) is 9.23 Å². The van der Waals surface area contributed by atoms with Crippen LogP contribution in [0.1, 0.15) is 13.8 Å². The van der Waals surface area contributed by atoms with E-state index in [1.165, 1.54) is 16.5 Å². The molecule has 1 aliphatic carbocycles. The Balaban J connectivity index is 0.00000169. The van der Waals surface area contributed by atoms with Crippen molar-refractivity contribution in [3.8, 4) is 0 Å². The maximum absolute atomic E-state index is 6.05. The minimum Gasteiger partial charge on any atom is -0.631 e. The molecule has 0 heterocycles. The van der Waals surface area contributed by atoms with Crippen molar-refractivity contribution in [3.05, 3.63) is 22.6 Å². The van der Waals surface area contributed by atoms with E-state index in [2.05, 4.69) is 39.6 Å². The summed E-state index contributed by atoms with van der Waals surface area (Å²) < 4.78 is 6.05. The van der Waals surface area contributed by atoms with Crippen LogP contribution in [0.3, 0.4) is 0 Å². The van der Waals surface area contributed by atoms with Crippen molar-refractivity contribution in [2.45, 2.75) is 33.5 Å². The van der Waals surface area contributed by atoms with E-state index in [1.54, 1.807) is 0 Å². The quantitative estimate of drug-likeness (QED) is 0.443. The molecule has 0 aromatic rings. The molecule has 0 spiro atoms. The van der Waals surface area contributed by atoms with Gasteiger partial charge in [-0.25, -0.2) is 5.20 Å². The summed E-state index contributed by atoms with van der Waals surface area (Å²) in [6.07, 6.45) is 3.44. The fourth-order valence-corrected chi connectivity index (χ4v) is 3.51. The second kappa shape index (κ2) is 5.61. The van der Waals surface area contributed by atoms with Gasteiger partial charge in [-0.05, 0) is 19.6 Å². The van der Waals surface area contributed by atoms with E-state index in [4.69, 9.17) is 4.43 Å². The van der Waals surface area contributed by atoms with Gasteiger partial charge in [-0.2, -0.15) is 0 Å². The molecule has 1 aliphatic rings. The molecule has 1 unspecified atom stereocenters. The minimum atomic E-state index is -1.43. The minimum absolute atomic E-state index is 0. The van der Waals surface area contributed by atoms with E-state index in [0.717, 1.165) is 10.2 Å². The molecule has 14 heavy (non-hydrogen) atoms. The van der Waals surface area contributed by atoms with Crippen molar-refractivity contribution in [3.63, 3.8) is 0 Å². The van der Waals surface area contributed by atoms with Gasteiger partial charge < -0.3 is 4.43 Å². The Morgan fingerprint density at radius 1 is 1.36 bits per heavy atom. The first-order valence-electron chi connectivity index (χ1n) is 4.81. The summed E-state index contributed by atoms with van der Waals surface area (Å²) in [7, 11) is -0.381. The third kappa shape index (κ3) is 4.08. The summed E-state index contributed by atoms with van der Waals surface area (Å²) in [6.45, 7) is 11.0. The molecule has 0 aromatic carbocycles. The normalized spacial score (nSPS) is 22.1. The van der Waals surface area contributed by atoms with Crippen LogP contribution < -0.4 is 51.4 Å². The third-order valence-electron chi connectivity index (χ3n) is 2.19. The Bertz CT molecular complexity index is 276. The summed E-state index contributed by atoms with van der Waals surface area (Å²) in [4.78, 5) is 0. The van der Waals surface area contributed by atoms with Gasteiger partial charge in [-0.1, -0.05) is 25.5 Å². The molecule has 1 atom stereocenters. The maximum atomic E-state index is 6.05. The van der Waals surface area contributed by atoms with Crippen LogP contribution in [0.2, 0.25) is 19.6 Å². The van der Waals surface area contributed by atoms with Crippen molar-refractivity contribution < 1.29 is 55.8 Å². The van der Waals surface area contributed by atoms with Crippen LogP contribution >= 0.6 is 0 Å². The summed E-state index contributed by atoms with van der Waals surface area (Å²) in [5, 5.41) is 1.33. The molecule has 0 radical (unpaired) electrons. The molecule has 0 N–H and O–H groups in total. The van der Waals surface area contributed by atoms with E-state index in [-0.39, 0.29) is 51.4 Å². The zero-order chi connectivity index (χ0) is 10.2. The summed E-state index contributed by atoms with van der Waals surface area (Å²) in [5.41, 5.74) is 1.37. The van der Waals surface area contributed by atoms with Gasteiger partial charge in [0, 0.05) is 10.2 Å². The van der Waals surface area contributed by atoms with Crippen LogP contribution in [0.15, 0.2) is 16.5 Å². The van der Waals surface area contributed by atoms with Crippen LogP contribution in [0, 0.1) is 12.0 Å². The van der Waals surface area contributed by atoms with Gasteiger partial charge in [0.15, 0.2) is 0 Å². The zero-order valence-corrected chi connectivity index (χ0v) is 16.6. The van der Waals surface area contributed by atoms with Gasteiger partial charge in [0.2, 0.25) is 8.32 Å². The molecule has 4 heteroatoms. The van der Waals surface area contributed by atoms with E-state index >= 15 is 0 Å². The molecular formula is C10H19KOSi2. The maximum Gasteiger partial charge on any atom is 1.00 e. The Morgan fingerprint density at radius 3 is 2.14 bits per heavy atom. The predicted octanol–water partition coefficient (Wildman–Crippen LogP) is -1.18. The van der Waals surface area contributed by atoms with E-state index < -0.39 is 8.32 Å². The fourth-order valence-electron chi connectivity index (χ4n) is 1.45. The molecule has 0 aliphatic heterocycles. The first-order chi connectivity index (χ1) is 5.81. The average Bonchev–Trinajstić information content (AvgIpc) is 2.14. The molecule has 74 valence electrons. The van der Waals surface area contributed by atoms with Gasteiger partial charge in [-0.15, -0.1) is 5.57 Å². The smallest absolute Gasteiger partial charge is 0.631 e. The zero-order valence-electron chi connectivity index (χ0n) is 10.5. The monoisotopic (exact) mass is 250 g/mol. The van der Waals surface area contributed by atoms with Crippen molar-refractivity contribution >= 4 is 18.6 Å². The van der Waals surface area contributed by atoms with Crippen LogP contribution in [0.5, 0.6) is 0 Å². The standard InChI is InChI=1S/C10H19OSi2.K/c1-7-6-9(12)10(8(7)2)11-13(3,4)5;/h7H,1-5,12H3;/q-1;+1. The molecular weight excluding hydrogens is 231 g/mol. The molecule has 1 rings (SSSR count). The van der Waals surface area contributed by atoms with Crippen molar-refractivity contribution in [1.29, 1.82) is 0 Å². The second-order valence-electron chi connectivity index (χ2n) is 4.72. The number of allylic oxidation sites excluding steroid dienone is 3. The van der Waals surface area contributed by atoms with Crippen LogP contribution in [0.25, 0.3) is 0 Å². The molecule has 0 amide bonds. The van der Waals surface area contributed by atoms with Gasteiger partial charge in [0.1, 0.15) is 0 Å². The predicted molar refractivity (Wildman–Crippen MR) is 63.0 cm³/mol. The fraction of sp³-hybridized carbons (Fsp3) is 0.600. The Labute approximate surface area is 134 Å². The van der Waals surface area contributed by atoms with Gasteiger partial charge >= 0.3 is 51.4 Å². The molecule has 0 saturated carbocycles. The third-order valence-corrected chi connectivity index (χ3v) is 3.75. The van der Waals surface area contributed by atoms with Crippen LogP contribution in [0.4, 0.5) is 0 Å². The molecule has 0 fully saturated rings. The van der Waals surface area contributed by atoms with E-state index in [1.807, 2.05) is 0 Å². The molecule has 1 nitrogen and oxygen atoms in total. The SMILES string of the molecule is CC1=C(O[Si](C)(C)C)C([SiH3])=[C-]C1C.[K+]. The summed E-state index contributed by atoms with van der Waals surface area (Å²) >= 11 is 0. The largest absolute Gasteiger partial charge is 1.00 e. The summed E-state index contributed by atoms with van der Waals surface area (Å²) in [5.74, 6) is 1.64. The van der Waals surface area contributed by atoms with Crippen LogP contribution in [-0.2, 0) is 4.43 Å². The Kier molecular flexibility index (Phi) is 6.15. The van der Waals surface area contributed by atoms with E-state index in [9.17, 15) is 0 Å². The first kappa shape index (κ1) is 15.4.